The molecular formula is C23H15N3O. The van der Waals surface area contributed by atoms with Gasteiger partial charge in [-0.25, -0.2) is 4.98 Å². The molecule has 0 saturated carbocycles. The van der Waals surface area contributed by atoms with Crippen LogP contribution in [0.3, 0.4) is 0 Å². The molecule has 0 saturated heterocycles. The van der Waals surface area contributed by atoms with Crippen molar-refractivity contribution in [1.29, 1.82) is 0 Å². The van der Waals surface area contributed by atoms with Crippen LogP contribution in [-0.4, -0.2) is 14.1 Å². The zero-order chi connectivity index (χ0) is 18.1. The molecule has 0 bridgehead atoms. The summed E-state index contributed by atoms with van der Waals surface area (Å²) in [4.78, 5) is 17.6. The van der Waals surface area contributed by atoms with Crippen molar-refractivity contribution in [2.45, 2.75) is 0 Å². The van der Waals surface area contributed by atoms with Gasteiger partial charge in [-0.3, -0.25) is 9.36 Å². The molecule has 2 aliphatic rings. The number of aryl methyl sites for hydroxylation is 1. The lowest BCUT2D eigenvalue weighted by molar-refractivity contribution is 0.837. The fourth-order valence-electron chi connectivity index (χ4n) is 4.18. The zero-order valence-electron chi connectivity index (χ0n) is 14.7. The Bertz CT molecular complexity index is 1490. The Balaban J connectivity index is 1.78. The van der Waals surface area contributed by atoms with E-state index in [2.05, 4.69) is 53.5 Å². The third kappa shape index (κ3) is 1.87. The van der Waals surface area contributed by atoms with Crippen LogP contribution in [-0.2, 0) is 7.05 Å². The minimum absolute atomic E-state index is 0.0827. The first-order valence-electron chi connectivity index (χ1n) is 8.92. The van der Waals surface area contributed by atoms with Crippen LogP contribution < -0.4 is 5.56 Å². The fourth-order valence-corrected chi connectivity index (χ4v) is 4.18. The number of aromatic nitrogens is 3. The SMILES string of the molecule is Cn1ccn2c(=O)c(-c3ccc4ccc5cccc6ccc3c4c56)nc-2c1. The number of nitrogens with zero attached hydrogens (tertiary/aromatic N) is 3. The van der Waals surface area contributed by atoms with E-state index in [1.807, 2.05) is 30.1 Å². The molecule has 0 aliphatic carbocycles. The molecule has 0 fully saturated rings. The van der Waals surface area contributed by atoms with Crippen molar-refractivity contribution in [1.82, 2.24) is 14.1 Å². The molecule has 2 aliphatic heterocycles. The van der Waals surface area contributed by atoms with E-state index in [4.69, 9.17) is 0 Å². The Kier molecular flexibility index (Phi) is 2.66. The van der Waals surface area contributed by atoms with Crippen molar-refractivity contribution in [2.24, 2.45) is 7.05 Å². The maximum Gasteiger partial charge on any atom is 0.282 e. The van der Waals surface area contributed by atoms with E-state index >= 15 is 0 Å². The first-order valence-corrected chi connectivity index (χ1v) is 8.92. The standard InChI is InChI=1S/C23H15N3O/c1-25-11-12-26-19(13-25)24-22(23(26)27)18-10-8-16-6-5-14-3-2-4-15-7-9-17(18)21(16)20(14)15/h2-13H,1H3. The second kappa shape index (κ2) is 4.95. The fraction of sp³-hybridized carbons (Fsp3) is 0.0435. The maximum absolute atomic E-state index is 13.0. The summed E-state index contributed by atoms with van der Waals surface area (Å²) in [6.45, 7) is 0. The molecule has 0 aromatic heterocycles. The van der Waals surface area contributed by atoms with E-state index in [0.29, 0.717) is 11.5 Å². The molecule has 128 valence electrons. The number of hydrogen-bond donors (Lipinski definition) is 0. The molecule has 0 amide bonds. The third-order valence-corrected chi connectivity index (χ3v) is 5.45. The van der Waals surface area contributed by atoms with Gasteiger partial charge in [-0.05, 0) is 32.3 Å². The number of hydrogen-bond acceptors (Lipinski definition) is 2. The van der Waals surface area contributed by atoms with Crippen LogP contribution in [0.4, 0.5) is 0 Å². The molecular weight excluding hydrogens is 334 g/mol. The molecule has 0 unspecified atom stereocenters. The first-order chi connectivity index (χ1) is 13.2. The van der Waals surface area contributed by atoms with Crippen LogP contribution in [0.15, 0.2) is 78.0 Å². The van der Waals surface area contributed by atoms with Gasteiger partial charge >= 0.3 is 0 Å². The minimum atomic E-state index is -0.0827. The summed E-state index contributed by atoms with van der Waals surface area (Å²) in [5.74, 6) is 0.658. The Labute approximate surface area is 154 Å². The molecule has 0 atom stereocenters. The van der Waals surface area contributed by atoms with Gasteiger partial charge < -0.3 is 4.57 Å². The molecule has 0 spiro atoms. The quantitative estimate of drug-likeness (QED) is 0.408. The summed E-state index contributed by atoms with van der Waals surface area (Å²) in [6.07, 6.45) is 5.48. The lowest BCUT2D eigenvalue weighted by Gasteiger charge is -2.12. The molecule has 4 aromatic carbocycles. The van der Waals surface area contributed by atoms with Gasteiger partial charge in [-0.2, -0.15) is 0 Å². The van der Waals surface area contributed by atoms with Crippen LogP contribution in [0.1, 0.15) is 0 Å². The lowest BCUT2D eigenvalue weighted by Crippen LogP contribution is -2.14. The van der Waals surface area contributed by atoms with Crippen molar-refractivity contribution < 1.29 is 0 Å². The van der Waals surface area contributed by atoms with Gasteiger partial charge in [0.05, 0.1) is 0 Å². The molecule has 4 aromatic rings. The number of imidazole rings is 1. The molecule has 2 heterocycles. The maximum atomic E-state index is 13.0. The van der Waals surface area contributed by atoms with Gasteiger partial charge in [0, 0.05) is 31.2 Å². The van der Waals surface area contributed by atoms with Gasteiger partial charge in [0.25, 0.3) is 5.56 Å². The molecule has 0 N–H and O–H groups in total. The van der Waals surface area contributed by atoms with Gasteiger partial charge in [0.2, 0.25) is 0 Å². The topological polar surface area (TPSA) is 39.8 Å². The van der Waals surface area contributed by atoms with Gasteiger partial charge in [0.1, 0.15) is 5.69 Å². The Hall–Kier alpha value is -3.66. The number of rotatable bonds is 1. The highest BCUT2D eigenvalue weighted by Gasteiger charge is 2.19. The minimum Gasteiger partial charge on any atom is -0.352 e. The van der Waals surface area contributed by atoms with Crippen LogP contribution >= 0.6 is 0 Å². The Morgan fingerprint density at radius 3 is 2.33 bits per heavy atom. The molecule has 6 rings (SSSR count). The van der Waals surface area contributed by atoms with Crippen LogP contribution in [0.2, 0.25) is 0 Å². The first kappa shape index (κ1) is 14.5. The summed E-state index contributed by atoms with van der Waals surface area (Å²) < 4.78 is 3.50. The third-order valence-electron chi connectivity index (χ3n) is 5.45. The predicted octanol–water partition coefficient (Wildman–Crippen LogP) is 4.57. The molecule has 4 heteroatoms. The highest BCUT2D eigenvalue weighted by molar-refractivity contribution is 6.25. The Morgan fingerprint density at radius 1 is 0.815 bits per heavy atom. The van der Waals surface area contributed by atoms with Gasteiger partial charge in [-0.15, -0.1) is 0 Å². The summed E-state index contributed by atoms with van der Waals surface area (Å²) in [7, 11) is 1.93. The predicted molar refractivity (Wildman–Crippen MR) is 109 cm³/mol. The Morgan fingerprint density at radius 2 is 1.52 bits per heavy atom. The smallest absolute Gasteiger partial charge is 0.282 e. The molecule has 0 radical (unpaired) electrons. The molecule has 27 heavy (non-hydrogen) atoms. The van der Waals surface area contributed by atoms with Crippen LogP contribution in [0.25, 0.3) is 49.4 Å². The monoisotopic (exact) mass is 349 g/mol. The summed E-state index contributed by atoms with van der Waals surface area (Å²) in [6, 6.07) is 19.0. The van der Waals surface area contributed by atoms with E-state index in [-0.39, 0.29) is 5.56 Å². The zero-order valence-corrected chi connectivity index (χ0v) is 14.7. The summed E-state index contributed by atoms with van der Waals surface area (Å²) >= 11 is 0. The van der Waals surface area contributed by atoms with E-state index in [0.717, 1.165) is 10.9 Å². The lowest BCUT2D eigenvalue weighted by atomic mass is 9.91. The average Bonchev–Trinajstić information content (AvgIpc) is 3.01. The van der Waals surface area contributed by atoms with Crippen molar-refractivity contribution >= 4 is 32.3 Å². The average molecular weight is 349 g/mol. The van der Waals surface area contributed by atoms with Crippen molar-refractivity contribution in [2.75, 3.05) is 0 Å². The van der Waals surface area contributed by atoms with E-state index in [1.54, 1.807) is 10.8 Å². The van der Waals surface area contributed by atoms with Crippen molar-refractivity contribution in [3.05, 3.63) is 83.5 Å². The van der Waals surface area contributed by atoms with Crippen LogP contribution in [0, 0.1) is 0 Å². The normalized spacial score (nSPS) is 12.0. The van der Waals surface area contributed by atoms with Crippen molar-refractivity contribution in [3.63, 3.8) is 0 Å². The van der Waals surface area contributed by atoms with Crippen molar-refractivity contribution in [3.8, 4) is 17.1 Å². The highest BCUT2D eigenvalue weighted by Crippen LogP contribution is 2.38. The van der Waals surface area contributed by atoms with Gasteiger partial charge in [0.15, 0.2) is 5.82 Å². The number of benzene rings is 4. The second-order valence-electron chi connectivity index (χ2n) is 7.06. The van der Waals surface area contributed by atoms with E-state index in [1.165, 1.54) is 26.9 Å². The molecule has 4 nitrogen and oxygen atoms in total. The summed E-state index contributed by atoms with van der Waals surface area (Å²) in [5.41, 5.74) is 1.30. The van der Waals surface area contributed by atoms with Crippen LogP contribution in [0.5, 0.6) is 0 Å². The summed E-state index contributed by atoms with van der Waals surface area (Å²) in [5, 5.41) is 7.13. The number of fused-ring (bicyclic) bond motifs is 1. The largest absolute Gasteiger partial charge is 0.352 e. The highest BCUT2D eigenvalue weighted by atomic mass is 16.1. The van der Waals surface area contributed by atoms with Gasteiger partial charge in [-0.1, -0.05) is 54.6 Å². The second-order valence-corrected chi connectivity index (χ2v) is 7.06. The van der Waals surface area contributed by atoms with E-state index < -0.39 is 0 Å². The van der Waals surface area contributed by atoms with E-state index in [9.17, 15) is 4.79 Å².